The summed E-state index contributed by atoms with van der Waals surface area (Å²) in [5.41, 5.74) is 1.03. The van der Waals surface area contributed by atoms with Crippen molar-refractivity contribution in [1.82, 2.24) is 10.1 Å². The number of allylic oxidation sites excluding steroid dienone is 2. The Morgan fingerprint density at radius 1 is 1.25 bits per heavy atom. The molecule has 1 fully saturated rings. The molecule has 1 N–H and O–H groups in total. The molecule has 1 saturated heterocycles. The molecule has 0 amide bonds. The van der Waals surface area contributed by atoms with Gasteiger partial charge in [-0.05, 0) is 50.2 Å². The van der Waals surface area contributed by atoms with Crippen LogP contribution in [0.3, 0.4) is 0 Å². The highest BCUT2D eigenvalue weighted by Gasteiger charge is 2.34. The van der Waals surface area contributed by atoms with E-state index >= 15 is 0 Å². The average molecular weight is 383 g/mol. The number of rotatable bonds is 6. The van der Waals surface area contributed by atoms with Crippen LogP contribution in [0.2, 0.25) is 0 Å². The first-order chi connectivity index (χ1) is 13.6. The van der Waals surface area contributed by atoms with Gasteiger partial charge in [0.2, 0.25) is 0 Å². The molecule has 1 aliphatic heterocycles. The molecular weight excluding hydrogens is 352 g/mol. The molecule has 0 radical (unpaired) electrons. The van der Waals surface area contributed by atoms with Crippen molar-refractivity contribution in [3.63, 3.8) is 0 Å². The zero-order chi connectivity index (χ0) is 19.4. The van der Waals surface area contributed by atoms with Crippen molar-refractivity contribution >= 4 is 0 Å². The smallest absolute Gasteiger partial charge is 0.140 e. The number of hydrogen-bond donors (Lipinski definition) is 1. The molecule has 1 aromatic carbocycles. The number of piperidine rings is 1. The average Bonchev–Trinajstić information content (AvgIpc) is 3.19. The van der Waals surface area contributed by atoms with Crippen molar-refractivity contribution in [3.05, 3.63) is 48.2 Å². The van der Waals surface area contributed by atoms with Gasteiger partial charge >= 0.3 is 0 Å². The van der Waals surface area contributed by atoms with E-state index in [1.54, 1.807) is 7.11 Å². The summed E-state index contributed by atoms with van der Waals surface area (Å²) >= 11 is 0. The van der Waals surface area contributed by atoms with Crippen LogP contribution < -0.4 is 4.74 Å². The summed E-state index contributed by atoms with van der Waals surface area (Å²) < 4.78 is 10.8. The van der Waals surface area contributed by atoms with Gasteiger partial charge < -0.3 is 19.3 Å². The van der Waals surface area contributed by atoms with E-state index in [1.807, 2.05) is 30.3 Å². The van der Waals surface area contributed by atoms with Gasteiger partial charge in [0.05, 0.1) is 12.7 Å². The first kappa shape index (κ1) is 19.2. The van der Waals surface area contributed by atoms with Crippen LogP contribution in [-0.2, 0) is 6.42 Å². The third kappa shape index (κ3) is 4.65. The van der Waals surface area contributed by atoms with E-state index in [0.29, 0.717) is 6.42 Å². The molecule has 0 saturated carbocycles. The fourth-order valence-corrected chi connectivity index (χ4v) is 4.35. The molecule has 2 heterocycles. The highest BCUT2D eigenvalue weighted by molar-refractivity contribution is 5.60. The molecular formula is C23H30N2O3. The Balaban J connectivity index is 1.33. The van der Waals surface area contributed by atoms with E-state index in [9.17, 15) is 5.11 Å². The molecule has 28 heavy (non-hydrogen) atoms. The minimum absolute atomic E-state index is 0.518. The lowest BCUT2D eigenvalue weighted by molar-refractivity contribution is -0.0278. The Kier molecular flexibility index (Phi) is 5.83. The number of aliphatic hydroxyl groups is 1. The lowest BCUT2D eigenvalue weighted by Crippen LogP contribution is -2.46. The highest BCUT2D eigenvalue weighted by atomic mass is 16.5. The minimum atomic E-state index is -0.700. The van der Waals surface area contributed by atoms with Gasteiger partial charge in [-0.2, -0.15) is 0 Å². The summed E-state index contributed by atoms with van der Waals surface area (Å²) in [7, 11) is 1.65. The van der Waals surface area contributed by atoms with Crippen LogP contribution in [0, 0.1) is 5.92 Å². The van der Waals surface area contributed by atoms with E-state index in [4.69, 9.17) is 9.26 Å². The molecule has 1 atom stereocenters. The number of ether oxygens (including phenoxy) is 1. The summed E-state index contributed by atoms with van der Waals surface area (Å²) in [5.74, 6) is 2.31. The molecule has 2 aromatic rings. The summed E-state index contributed by atoms with van der Waals surface area (Å²) in [5, 5.41) is 15.3. The van der Waals surface area contributed by atoms with Gasteiger partial charge in [-0.15, -0.1) is 0 Å². The third-order valence-electron chi connectivity index (χ3n) is 6.11. The minimum Gasteiger partial charge on any atom is -0.497 e. The van der Waals surface area contributed by atoms with Gasteiger partial charge in [0.1, 0.15) is 17.2 Å². The molecule has 4 rings (SSSR count). The van der Waals surface area contributed by atoms with Crippen LogP contribution in [-0.4, -0.2) is 47.5 Å². The van der Waals surface area contributed by atoms with Gasteiger partial charge in [0.15, 0.2) is 0 Å². The number of hydrogen-bond acceptors (Lipinski definition) is 5. The van der Waals surface area contributed by atoms with E-state index in [1.165, 1.54) is 19.3 Å². The van der Waals surface area contributed by atoms with Crippen LogP contribution in [0.4, 0.5) is 0 Å². The molecule has 5 heteroatoms. The van der Waals surface area contributed by atoms with Gasteiger partial charge in [-0.3, -0.25) is 0 Å². The number of methoxy groups -OCH3 is 1. The Morgan fingerprint density at radius 2 is 2.11 bits per heavy atom. The largest absolute Gasteiger partial charge is 0.497 e. The van der Waals surface area contributed by atoms with Crippen molar-refractivity contribution in [3.8, 4) is 17.0 Å². The van der Waals surface area contributed by atoms with Crippen LogP contribution in [0.1, 0.15) is 37.9 Å². The van der Waals surface area contributed by atoms with Crippen molar-refractivity contribution in [2.24, 2.45) is 5.92 Å². The highest BCUT2D eigenvalue weighted by Crippen LogP contribution is 2.30. The van der Waals surface area contributed by atoms with Crippen LogP contribution in [0.5, 0.6) is 5.75 Å². The fourth-order valence-electron chi connectivity index (χ4n) is 4.35. The third-order valence-corrected chi connectivity index (χ3v) is 6.11. The van der Waals surface area contributed by atoms with E-state index in [2.05, 4.69) is 22.2 Å². The molecule has 1 aliphatic carbocycles. The Labute approximate surface area is 167 Å². The zero-order valence-electron chi connectivity index (χ0n) is 16.6. The van der Waals surface area contributed by atoms with Crippen LogP contribution in [0.15, 0.2) is 47.0 Å². The predicted octanol–water partition coefficient (Wildman–Crippen LogP) is 4.08. The number of benzene rings is 1. The Morgan fingerprint density at radius 3 is 2.86 bits per heavy atom. The Hall–Kier alpha value is -2.11. The molecule has 2 aliphatic rings. The molecule has 0 bridgehead atoms. The van der Waals surface area contributed by atoms with Gasteiger partial charge in [-0.25, -0.2) is 0 Å². The van der Waals surface area contributed by atoms with E-state index in [0.717, 1.165) is 61.2 Å². The molecule has 5 nitrogen and oxygen atoms in total. The normalized spacial score (nSPS) is 22.3. The Bertz CT molecular complexity index is 806. The van der Waals surface area contributed by atoms with Crippen molar-refractivity contribution < 1.29 is 14.4 Å². The lowest BCUT2D eigenvalue weighted by atomic mass is 9.86. The van der Waals surface area contributed by atoms with E-state index in [-0.39, 0.29) is 0 Å². The van der Waals surface area contributed by atoms with Gasteiger partial charge in [0, 0.05) is 37.7 Å². The first-order valence-corrected chi connectivity index (χ1v) is 10.3. The number of aromatic nitrogens is 1. The van der Waals surface area contributed by atoms with Crippen molar-refractivity contribution in [2.45, 2.75) is 44.1 Å². The SMILES string of the molecule is COc1cccc(-c2cc(CC3(O)CCN(CC4CC=CCC4)CC3)on2)c1. The summed E-state index contributed by atoms with van der Waals surface area (Å²) in [4.78, 5) is 2.51. The topological polar surface area (TPSA) is 58.7 Å². The number of likely N-dealkylation sites (tertiary alicyclic amines) is 1. The summed E-state index contributed by atoms with van der Waals surface area (Å²) in [6.07, 6.45) is 10.4. The molecule has 150 valence electrons. The summed E-state index contributed by atoms with van der Waals surface area (Å²) in [6, 6.07) is 9.71. The van der Waals surface area contributed by atoms with Crippen LogP contribution >= 0.6 is 0 Å². The predicted molar refractivity (Wildman–Crippen MR) is 109 cm³/mol. The van der Waals surface area contributed by atoms with Crippen molar-refractivity contribution in [1.29, 1.82) is 0 Å². The maximum atomic E-state index is 11.1. The zero-order valence-corrected chi connectivity index (χ0v) is 16.6. The van der Waals surface area contributed by atoms with Gasteiger partial charge in [0.25, 0.3) is 0 Å². The fraction of sp³-hybridized carbons (Fsp3) is 0.522. The molecule has 1 unspecified atom stereocenters. The van der Waals surface area contributed by atoms with Gasteiger partial charge in [-0.1, -0.05) is 29.4 Å². The monoisotopic (exact) mass is 382 g/mol. The first-order valence-electron chi connectivity index (χ1n) is 10.3. The maximum absolute atomic E-state index is 11.1. The second-order valence-corrected chi connectivity index (χ2v) is 8.26. The quantitative estimate of drug-likeness (QED) is 0.763. The lowest BCUT2D eigenvalue weighted by Gasteiger charge is -2.39. The van der Waals surface area contributed by atoms with E-state index < -0.39 is 5.60 Å². The second-order valence-electron chi connectivity index (χ2n) is 8.26. The second kappa shape index (κ2) is 8.50. The molecule has 0 spiro atoms. The molecule has 1 aromatic heterocycles. The number of nitrogens with zero attached hydrogens (tertiary/aromatic N) is 2. The van der Waals surface area contributed by atoms with Crippen LogP contribution in [0.25, 0.3) is 11.3 Å². The van der Waals surface area contributed by atoms with Crippen molar-refractivity contribution in [2.75, 3.05) is 26.7 Å². The standard InChI is InChI=1S/C23H30N2O3/c1-27-20-9-5-8-19(14-20)22-15-21(28-24-22)16-23(26)10-12-25(13-11-23)17-18-6-3-2-4-7-18/h2-3,5,8-9,14-15,18,26H,4,6-7,10-13,16-17H2,1H3. The maximum Gasteiger partial charge on any atom is 0.140 e. The summed E-state index contributed by atoms with van der Waals surface area (Å²) in [6.45, 7) is 3.06.